The van der Waals surface area contributed by atoms with Gasteiger partial charge in [0.25, 0.3) is 0 Å². The molecule has 0 radical (unpaired) electrons. The number of aliphatic hydroxyl groups is 5. The van der Waals surface area contributed by atoms with Gasteiger partial charge < -0.3 is 39.9 Å². The van der Waals surface area contributed by atoms with Crippen molar-refractivity contribution in [1.29, 1.82) is 0 Å². The number of hydrogen-bond acceptors (Lipinski definition) is 12. The molecule has 13 nitrogen and oxygen atoms in total. The van der Waals surface area contributed by atoms with E-state index in [4.69, 9.17) is 18.5 Å². The Bertz CT molecular complexity index is 1370. The highest BCUT2D eigenvalue weighted by molar-refractivity contribution is 7.47. The lowest BCUT2D eigenvalue weighted by Crippen LogP contribution is -2.64. The van der Waals surface area contributed by atoms with Crippen LogP contribution in [-0.2, 0) is 32.7 Å². The molecule has 6 atom stereocenters. The first-order chi connectivity index (χ1) is 31.4. The van der Waals surface area contributed by atoms with Gasteiger partial charge in [-0.25, -0.2) is 4.57 Å². The van der Waals surface area contributed by atoms with Crippen LogP contribution in [0.4, 0.5) is 0 Å². The lowest BCUT2D eigenvalue weighted by atomic mass is 9.85. The van der Waals surface area contributed by atoms with E-state index in [0.717, 1.165) is 25.7 Å². The minimum Gasteiger partial charge on any atom is -0.462 e. The van der Waals surface area contributed by atoms with Crippen molar-refractivity contribution < 1.29 is 63.1 Å². The number of esters is 2. The molecule has 0 saturated heterocycles. The molecule has 0 heterocycles. The standard InChI is InChI=1S/C51H89O13P/c1-3-5-7-9-11-13-15-17-18-19-20-21-22-23-24-25-26-28-29-31-33-35-37-39-44(52)61-41-43(42-62-65(59,60)64-51-49(57)47(55)46(54)48(56)50(51)58)63-45(53)40-38-36-34-32-30-27-16-14-12-10-8-6-4-2/h6,8,10,12,14,16,27,30,32,34,43,46-51,54-58H,3-5,7,9,11,13,15,17-26,28-29,31,33,35-42H2,1-2H3,(H,59,60). The largest absolute Gasteiger partial charge is 0.472 e. The van der Waals surface area contributed by atoms with Crippen molar-refractivity contribution in [3.05, 3.63) is 60.8 Å². The Hall–Kier alpha value is -2.45. The Balaban J connectivity index is 2.37. The van der Waals surface area contributed by atoms with Crippen LogP contribution < -0.4 is 0 Å². The second kappa shape index (κ2) is 40.6. The summed E-state index contributed by atoms with van der Waals surface area (Å²) in [6, 6.07) is 0. The number of rotatable bonds is 41. The predicted molar refractivity (Wildman–Crippen MR) is 258 cm³/mol. The summed E-state index contributed by atoms with van der Waals surface area (Å²) < 4.78 is 33.5. The molecule has 65 heavy (non-hydrogen) atoms. The first-order valence-electron chi connectivity index (χ1n) is 25.2. The second-order valence-electron chi connectivity index (χ2n) is 17.4. The predicted octanol–water partition coefficient (Wildman–Crippen LogP) is 10.5. The molecule has 1 fully saturated rings. The maximum atomic E-state index is 12.8. The topological polar surface area (TPSA) is 210 Å². The Labute approximate surface area is 392 Å². The summed E-state index contributed by atoms with van der Waals surface area (Å²) in [6.07, 6.45) is 37.3. The van der Waals surface area contributed by atoms with E-state index in [-0.39, 0.29) is 12.8 Å². The lowest BCUT2D eigenvalue weighted by molar-refractivity contribution is -0.220. The van der Waals surface area contributed by atoms with Crippen LogP contribution in [0.2, 0.25) is 0 Å². The molecule has 1 rings (SSSR count). The van der Waals surface area contributed by atoms with Gasteiger partial charge in [-0.15, -0.1) is 0 Å². The van der Waals surface area contributed by atoms with Gasteiger partial charge in [0.2, 0.25) is 0 Å². The first kappa shape index (κ1) is 60.6. The zero-order chi connectivity index (χ0) is 47.8. The zero-order valence-corrected chi connectivity index (χ0v) is 40.9. The fourth-order valence-electron chi connectivity index (χ4n) is 7.50. The molecule has 6 N–H and O–H groups in total. The van der Waals surface area contributed by atoms with Crippen molar-refractivity contribution in [2.45, 2.75) is 236 Å². The van der Waals surface area contributed by atoms with Crippen molar-refractivity contribution in [2.24, 2.45) is 0 Å². The number of allylic oxidation sites excluding steroid dienone is 10. The van der Waals surface area contributed by atoms with Crippen molar-refractivity contribution in [1.82, 2.24) is 0 Å². The maximum Gasteiger partial charge on any atom is 0.472 e. The SMILES string of the molecule is CCC=CC=CC=CC=CC=CCCCC(=O)OC(COC(=O)CCCCCCCCCCCCCCCCCCCCCCCCC)COP(=O)(O)OC1C(O)C(O)C(O)C(O)C1O. The third-order valence-electron chi connectivity index (χ3n) is 11.5. The van der Waals surface area contributed by atoms with Crippen molar-refractivity contribution in [3.63, 3.8) is 0 Å². The van der Waals surface area contributed by atoms with Crippen LogP contribution in [0.1, 0.15) is 194 Å². The van der Waals surface area contributed by atoms with E-state index in [1.807, 2.05) is 54.7 Å². The van der Waals surface area contributed by atoms with Gasteiger partial charge in [0, 0.05) is 12.8 Å². The van der Waals surface area contributed by atoms with Crippen molar-refractivity contribution >= 4 is 19.8 Å². The van der Waals surface area contributed by atoms with Crippen LogP contribution >= 0.6 is 7.82 Å². The van der Waals surface area contributed by atoms with Gasteiger partial charge in [0.15, 0.2) is 6.10 Å². The summed E-state index contributed by atoms with van der Waals surface area (Å²) in [7, 11) is -5.14. The van der Waals surface area contributed by atoms with Crippen LogP contribution in [0.15, 0.2) is 60.8 Å². The van der Waals surface area contributed by atoms with Crippen molar-refractivity contribution in [3.8, 4) is 0 Å². The van der Waals surface area contributed by atoms with E-state index in [0.29, 0.717) is 19.3 Å². The van der Waals surface area contributed by atoms with Crippen LogP contribution in [0.25, 0.3) is 0 Å². The van der Waals surface area contributed by atoms with E-state index < -0.39 is 75.7 Å². The van der Waals surface area contributed by atoms with Gasteiger partial charge in [0.05, 0.1) is 6.61 Å². The van der Waals surface area contributed by atoms with Gasteiger partial charge in [-0.3, -0.25) is 18.6 Å². The van der Waals surface area contributed by atoms with E-state index >= 15 is 0 Å². The van der Waals surface area contributed by atoms with E-state index in [1.165, 1.54) is 122 Å². The normalized spacial score (nSPS) is 21.9. The molecule has 0 aromatic heterocycles. The number of phosphoric acid groups is 1. The highest BCUT2D eigenvalue weighted by atomic mass is 31.2. The molecule has 0 spiro atoms. The average molecular weight is 941 g/mol. The zero-order valence-electron chi connectivity index (χ0n) is 40.0. The number of hydrogen-bond donors (Lipinski definition) is 6. The molecule has 0 aromatic rings. The maximum absolute atomic E-state index is 12.8. The number of carbonyl (C=O) groups excluding carboxylic acids is 2. The van der Waals surface area contributed by atoms with E-state index in [2.05, 4.69) is 19.9 Å². The third-order valence-corrected chi connectivity index (χ3v) is 12.5. The molecule has 1 aliphatic rings. The molecule has 0 amide bonds. The molecule has 6 unspecified atom stereocenters. The van der Waals surface area contributed by atoms with Gasteiger partial charge in [0.1, 0.15) is 43.2 Å². The number of aliphatic hydroxyl groups excluding tert-OH is 5. The molecule has 0 bridgehead atoms. The molecular formula is C51H89O13P. The van der Waals surface area contributed by atoms with Crippen LogP contribution in [0.3, 0.4) is 0 Å². The smallest absolute Gasteiger partial charge is 0.462 e. The Morgan fingerprint density at radius 2 is 0.877 bits per heavy atom. The number of ether oxygens (including phenoxy) is 2. The molecule has 0 aliphatic heterocycles. The fraction of sp³-hybridized carbons (Fsp3) is 0.765. The second-order valence-corrected chi connectivity index (χ2v) is 18.8. The number of unbranched alkanes of at least 4 members (excludes halogenated alkanes) is 23. The minimum atomic E-state index is -5.14. The summed E-state index contributed by atoms with van der Waals surface area (Å²) in [4.78, 5) is 35.7. The molecule has 376 valence electrons. The van der Waals surface area contributed by atoms with Crippen LogP contribution in [0.5, 0.6) is 0 Å². The summed E-state index contributed by atoms with van der Waals surface area (Å²) >= 11 is 0. The Morgan fingerprint density at radius 1 is 0.492 bits per heavy atom. The van der Waals surface area contributed by atoms with Gasteiger partial charge in [-0.1, -0.05) is 216 Å². The first-order valence-corrected chi connectivity index (χ1v) is 26.7. The third kappa shape index (κ3) is 32.8. The van der Waals surface area contributed by atoms with Crippen LogP contribution in [0, 0.1) is 0 Å². The molecular weight excluding hydrogens is 852 g/mol. The monoisotopic (exact) mass is 941 g/mol. The van der Waals surface area contributed by atoms with Gasteiger partial charge >= 0.3 is 19.8 Å². The summed E-state index contributed by atoms with van der Waals surface area (Å²) in [6.45, 7) is 3.11. The summed E-state index contributed by atoms with van der Waals surface area (Å²) in [5.74, 6) is -1.18. The Morgan fingerprint density at radius 3 is 1.32 bits per heavy atom. The van der Waals surface area contributed by atoms with E-state index in [9.17, 15) is 44.6 Å². The molecule has 1 saturated carbocycles. The summed E-state index contributed by atoms with van der Waals surface area (Å²) in [5, 5.41) is 50.2. The highest BCUT2D eigenvalue weighted by Crippen LogP contribution is 2.47. The Kier molecular flexibility index (Phi) is 37.8. The van der Waals surface area contributed by atoms with Gasteiger partial charge in [-0.2, -0.15) is 0 Å². The minimum absolute atomic E-state index is 0.000167. The number of phosphoric ester groups is 1. The van der Waals surface area contributed by atoms with Crippen molar-refractivity contribution in [2.75, 3.05) is 13.2 Å². The molecule has 1 aliphatic carbocycles. The summed E-state index contributed by atoms with van der Waals surface area (Å²) in [5.41, 5.74) is 0. The fourth-order valence-corrected chi connectivity index (χ4v) is 8.47. The highest BCUT2D eigenvalue weighted by Gasteiger charge is 2.51. The van der Waals surface area contributed by atoms with E-state index in [1.54, 1.807) is 0 Å². The quantitative estimate of drug-likeness (QED) is 0.0146. The van der Waals surface area contributed by atoms with Crippen LogP contribution in [-0.4, -0.2) is 98.3 Å². The lowest BCUT2D eigenvalue weighted by Gasteiger charge is -2.41. The average Bonchev–Trinajstić information content (AvgIpc) is 3.29. The molecule has 0 aromatic carbocycles. The van der Waals surface area contributed by atoms with Gasteiger partial charge in [-0.05, 0) is 25.7 Å². The number of carbonyl (C=O) groups is 2. The molecule has 14 heteroatoms.